The number of halogens is 1. The molecule has 2 amide bonds. The average molecular weight is 494 g/mol. The Bertz CT molecular complexity index is 1370. The van der Waals surface area contributed by atoms with Gasteiger partial charge in [-0.05, 0) is 56.1 Å². The largest absolute Gasteiger partial charge is 0.370 e. The fraction of sp³-hybridized carbons (Fsp3) is 0.444. The topological polar surface area (TPSA) is 79.6 Å². The van der Waals surface area contributed by atoms with Gasteiger partial charge in [0, 0.05) is 44.9 Å². The highest BCUT2D eigenvalue weighted by atomic mass is 19.1. The number of hydrogen-bond donors (Lipinski definition) is 1. The molecule has 3 aromatic rings. The first-order valence-electron chi connectivity index (χ1n) is 12.6. The maximum absolute atomic E-state index is 15.0. The minimum absolute atomic E-state index is 0.195. The lowest BCUT2D eigenvalue weighted by Crippen LogP contribution is -2.44. The number of amides is 2. The molecule has 1 unspecified atom stereocenters. The minimum atomic E-state index is -0.728. The SMILES string of the molecule is CN(Cc1cccc2c1n(C)c(=O)n2C1CCC(=O)NC1=O)c1ccc(CN2CCCCC2)c(F)c1. The van der Waals surface area contributed by atoms with Crippen LogP contribution in [0.4, 0.5) is 10.1 Å². The highest BCUT2D eigenvalue weighted by Gasteiger charge is 2.31. The lowest BCUT2D eigenvalue weighted by atomic mass is 10.1. The first-order chi connectivity index (χ1) is 17.3. The summed E-state index contributed by atoms with van der Waals surface area (Å²) in [7, 11) is 3.58. The number of carbonyl (C=O) groups excluding carboxylic acids is 2. The number of imidazole rings is 1. The number of aryl methyl sites for hydroxylation is 1. The molecule has 1 N–H and O–H groups in total. The van der Waals surface area contributed by atoms with Gasteiger partial charge in [0.05, 0.1) is 11.0 Å². The molecule has 0 spiro atoms. The highest BCUT2D eigenvalue weighted by molar-refractivity contribution is 6.00. The van der Waals surface area contributed by atoms with Crippen LogP contribution in [0.5, 0.6) is 0 Å². The van der Waals surface area contributed by atoms with E-state index in [1.165, 1.54) is 23.8 Å². The number of carbonyl (C=O) groups is 2. The molecule has 0 saturated carbocycles. The molecule has 3 heterocycles. The van der Waals surface area contributed by atoms with Crippen molar-refractivity contribution in [1.29, 1.82) is 0 Å². The van der Waals surface area contributed by atoms with Crippen LogP contribution >= 0.6 is 0 Å². The number of imide groups is 1. The third-order valence-corrected chi connectivity index (χ3v) is 7.44. The maximum Gasteiger partial charge on any atom is 0.329 e. The molecule has 2 aliphatic rings. The van der Waals surface area contributed by atoms with Crippen molar-refractivity contribution < 1.29 is 14.0 Å². The zero-order chi connectivity index (χ0) is 25.4. The van der Waals surface area contributed by atoms with Crippen LogP contribution in [-0.4, -0.2) is 46.0 Å². The first-order valence-corrected chi connectivity index (χ1v) is 12.6. The third kappa shape index (κ3) is 4.55. The van der Waals surface area contributed by atoms with Gasteiger partial charge in [0.1, 0.15) is 11.9 Å². The molecule has 8 nitrogen and oxygen atoms in total. The van der Waals surface area contributed by atoms with Crippen LogP contribution in [0.3, 0.4) is 0 Å². The lowest BCUT2D eigenvalue weighted by molar-refractivity contribution is -0.135. The number of aromatic nitrogens is 2. The molecule has 2 aromatic carbocycles. The molecule has 190 valence electrons. The van der Waals surface area contributed by atoms with Crippen molar-refractivity contribution in [3.05, 3.63) is 63.8 Å². The number of nitrogens with zero attached hydrogens (tertiary/aromatic N) is 4. The zero-order valence-corrected chi connectivity index (χ0v) is 20.8. The Hall–Kier alpha value is -3.46. The van der Waals surface area contributed by atoms with E-state index < -0.39 is 11.9 Å². The Balaban J connectivity index is 1.40. The summed E-state index contributed by atoms with van der Waals surface area (Å²) in [6, 6.07) is 10.3. The van der Waals surface area contributed by atoms with Crippen LogP contribution in [0, 0.1) is 5.82 Å². The van der Waals surface area contributed by atoms with Crippen LogP contribution in [0.15, 0.2) is 41.2 Å². The van der Waals surface area contributed by atoms with E-state index in [1.54, 1.807) is 17.7 Å². The van der Waals surface area contributed by atoms with Crippen molar-refractivity contribution >= 4 is 28.5 Å². The van der Waals surface area contributed by atoms with E-state index in [9.17, 15) is 18.8 Å². The predicted molar refractivity (Wildman–Crippen MR) is 136 cm³/mol. The van der Waals surface area contributed by atoms with E-state index in [1.807, 2.05) is 42.3 Å². The summed E-state index contributed by atoms with van der Waals surface area (Å²) in [5.41, 5.74) is 3.41. The van der Waals surface area contributed by atoms with Crippen LogP contribution in [0.1, 0.15) is 49.3 Å². The van der Waals surface area contributed by atoms with E-state index in [0.717, 1.165) is 29.9 Å². The van der Waals surface area contributed by atoms with Gasteiger partial charge >= 0.3 is 5.69 Å². The Kier molecular flexibility index (Phi) is 6.66. The summed E-state index contributed by atoms with van der Waals surface area (Å²) >= 11 is 0. The number of hydrogen-bond acceptors (Lipinski definition) is 5. The molecule has 1 atom stereocenters. The molecule has 9 heteroatoms. The van der Waals surface area contributed by atoms with Crippen molar-refractivity contribution in [3.8, 4) is 0 Å². The highest BCUT2D eigenvalue weighted by Crippen LogP contribution is 2.27. The van der Waals surface area contributed by atoms with Gasteiger partial charge in [0.2, 0.25) is 11.8 Å². The van der Waals surface area contributed by atoms with Crippen LogP contribution in [0.2, 0.25) is 0 Å². The van der Waals surface area contributed by atoms with E-state index in [4.69, 9.17) is 0 Å². The van der Waals surface area contributed by atoms with Crippen LogP contribution in [0.25, 0.3) is 11.0 Å². The van der Waals surface area contributed by atoms with Crippen molar-refractivity contribution in [2.45, 2.75) is 51.2 Å². The monoisotopic (exact) mass is 493 g/mol. The molecule has 2 fully saturated rings. The van der Waals surface area contributed by atoms with E-state index in [0.29, 0.717) is 24.2 Å². The van der Waals surface area contributed by atoms with Gasteiger partial charge in [-0.15, -0.1) is 0 Å². The predicted octanol–water partition coefficient (Wildman–Crippen LogP) is 3.08. The summed E-state index contributed by atoms with van der Waals surface area (Å²) in [5, 5.41) is 2.34. The maximum atomic E-state index is 15.0. The van der Waals surface area contributed by atoms with Gasteiger partial charge < -0.3 is 4.90 Å². The number of para-hydroxylation sites is 1. The molecule has 0 bridgehead atoms. The fourth-order valence-corrected chi connectivity index (χ4v) is 5.48. The molecule has 0 aliphatic carbocycles. The van der Waals surface area contributed by atoms with Crippen LogP contribution < -0.4 is 15.9 Å². The van der Waals surface area contributed by atoms with Crippen molar-refractivity contribution in [2.24, 2.45) is 7.05 Å². The number of rotatable bonds is 6. The molecule has 36 heavy (non-hydrogen) atoms. The fourth-order valence-electron chi connectivity index (χ4n) is 5.48. The average Bonchev–Trinajstić information content (AvgIpc) is 3.12. The lowest BCUT2D eigenvalue weighted by Gasteiger charge is -2.27. The smallest absolute Gasteiger partial charge is 0.329 e. The summed E-state index contributed by atoms with van der Waals surface area (Å²) < 4.78 is 18.0. The Labute approximate surface area is 209 Å². The molecular formula is C27H32FN5O3. The summed E-state index contributed by atoms with van der Waals surface area (Å²) in [6.45, 7) is 3.12. The standard InChI is InChI=1S/C27H32FN5O3/c1-30(20-10-9-18(21(28)15-20)17-32-13-4-3-5-14-32)16-19-7-6-8-22-25(19)31(2)27(36)33(22)23-11-12-24(34)29-26(23)35/h6-10,15,23H,3-5,11-14,16-17H2,1-2H3,(H,29,34,35). The number of piperidine rings is 2. The van der Waals surface area contributed by atoms with Gasteiger partial charge in [0.15, 0.2) is 0 Å². The first kappa shape index (κ1) is 24.2. The molecular weight excluding hydrogens is 461 g/mol. The summed E-state index contributed by atoms with van der Waals surface area (Å²) in [4.78, 5) is 41.5. The molecule has 5 rings (SSSR count). The zero-order valence-electron chi connectivity index (χ0n) is 20.8. The Morgan fingerprint density at radius 1 is 1.06 bits per heavy atom. The van der Waals surface area contributed by atoms with Gasteiger partial charge in [-0.25, -0.2) is 9.18 Å². The quantitative estimate of drug-likeness (QED) is 0.534. The third-order valence-electron chi connectivity index (χ3n) is 7.44. The number of nitrogens with one attached hydrogen (secondary N) is 1. The van der Waals surface area contributed by atoms with Crippen molar-refractivity contribution in [2.75, 3.05) is 25.0 Å². The number of benzene rings is 2. The van der Waals surface area contributed by atoms with E-state index in [2.05, 4.69) is 10.2 Å². The van der Waals surface area contributed by atoms with Gasteiger partial charge in [-0.1, -0.05) is 24.6 Å². The number of fused-ring (bicyclic) bond motifs is 1. The van der Waals surface area contributed by atoms with Gasteiger partial charge in [0.25, 0.3) is 0 Å². The van der Waals surface area contributed by atoms with Crippen molar-refractivity contribution in [1.82, 2.24) is 19.4 Å². The summed E-state index contributed by atoms with van der Waals surface area (Å²) in [6.07, 6.45) is 4.07. The normalized spacial score (nSPS) is 19.0. The molecule has 1 aromatic heterocycles. The summed E-state index contributed by atoms with van der Waals surface area (Å²) in [5.74, 6) is -0.982. The second-order valence-electron chi connectivity index (χ2n) is 9.93. The Morgan fingerprint density at radius 2 is 1.83 bits per heavy atom. The molecule has 2 aliphatic heterocycles. The van der Waals surface area contributed by atoms with Gasteiger partial charge in [-0.3, -0.25) is 28.9 Å². The molecule has 0 radical (unpaired) electrons. The second kappa shape index (κ2) is 9.89. The minimum Gasteiger partial charge on any atom is -0.370 e. The van der Waals surface area contributed by atoms with Crippen LogP contribution in [-0.2, 0) is 29.7 Å². The van der Waals surface area contributed by atoms with E-state index >= 15 is 0 Å². The molecule has 2 saturated heterocycles. The number of likely N-dealkylation sites (tertiary alicyclic amines) is 1. The Morgan fingerprint density at radius 3 is 2.56 bits per heavy atom. The number of anilines is 1. The van der Waals surface area contributed by atoms with Crippen molar-refractivity contribution in [3.63, 3.8) is 0 Å². The van der Waals surface area contributed by atoms with E-state index in [-0.39, 0.29) is 30.3 Å². The van der Waals surface area contributed by atoms with Gasteiger partial charge in [-0.2, -0.15) is 0 Å². The second-order valence-corrected chi connectivity index (χ2v) is 9.93.